The summed E-state index contributed by atoms with van der Waals surface area (Å²) < 4.78 is 10.8. The SMILES string of the molecule is CNc1c(Cl)ncnc1N1CCC(c2cc(OC)cc(OC)c2)C1. The van der Waals surface area contributed by atoms with Gasteiger partial charge in [0.1, 0.15) is 23.5 Å². The van der Waals surface area contributed by atoms with Gasteiger partial charge in [-0.2, -0.15) is 0 Å². The number of nitrogens with zero attached hydrogens (tertiary/aromatic N) is 3. The highest BCUT2D eigenvalue weighted by atomic mass is 35.5. The number of hydrogen-bond donors (Lipinski definition) is 1. The maximum absolute atomic E-state index is 6.17. The summed E-state index contributed by atoms with van der Waals surface area (Å²) in [5.74, 6) is 2.84. The predicted octanol–water partition coefficient (Wildman–Crippen LogP) is 3.18. The Morgan fingerprint density at radius 2 is 1.88 bits per heavy atom. The normalized spacial score (nSPS) is 17.0. The van der Waals surface area contributed by atoms with E-state index >= 15 is 0 Å². The largest absolute Gasteiger partial charge is 0.497 e. The molecule has 1 aliphatic rings. The van der Waals surface area contributed by atoms with Gasteiger partial charge in [-0.3, -0.25) is 0 Å². The lowest BCUT2D eigenvalue weighted by atomic mass is 9.98. The molecule has 1 aromatic carbocycles. The van der Waals surface area contributed by atoms with Crippen LogP contribution in [0.5, 0.6) is 11.5 Å². The van der Waals surface area contributed by atoms with E-state index in [1.54, 1.807) is 14.2 Å². The number of rotatable bonds is 5. The fourth-order valence-corrected chi connectivity index (χ4v) is 3.32. The summed E-state index contributed by atoms with van der Waals surface area (Å²) in [7, 11) is 5.16. The first-order valence-electron chi connectivity index (χ1n) is 7.82. The highest BCUT2D eigenvalue weighted by Crippen LogP contribution is 2.37. The van der Waals surface area contributed by atoms with E-state index in [2.05, 4.69) is 32.3 Å². The second-order valence-electron chi connectivity index (χ2n) is 5.69. The van der Waals surface area contributed by atoms with Crippen molar-refractivity contribution < 1.29 is 9.47 Å². The molecule has 1 N–H and O–H groups in total. The third kappa shape index (κ3) is 3.19. The van der Waals surface area contributed by atoms with Crippen LogP contribution in [0, 0.1) is 0 Å². The van der Waals surface area contributed by atoms with Crippen LogP contribution >= 0.6 is 11.6 Å². The zero-order chi connectivity index (χ0) is 17.1. The Kier molecular flexibility index (Phi) is 4.94. The lowest BCUT2D eigenvalue weighted by Crippen LogP contribution is -2.22. The molecular weight excluding hydrogens is 328 g/mol. The van der Waals surface area contributed by atoms with Gasteiger partial charge in [0.05, 0.1) is 14.2 Å². The van der Waals surface area contributed by atoms with Gasteiger partial charge in [-0.1, -0.05) is 11.6 Å². The van der Waals surface area contributed by atoms with Crippen molar-refractivity contribution in [2.45, 2.75) is 12.3 Å². The quantitative estimate of drug-likeness (QED) is 0.837. The average molecular weight is 349 g/mol. The Morgan fingerprint density at radius 1 is 1.17 bits per heavy atom. The zero-order valence-electron chi connectivity index (χ0n) is 14.0. The Bertz CT molecular complexity index is 703. The summed E-state index contributed by atoms with van der Waals surface area (Å²) in [6, 6.07) is 6.03. The van der Waals surface area contributed by atoms with Crippen LogP contribution in [0.25, 0.3) is 0 Å². The minimum atomic E-state index is 0.382. The molecule has 1 atom stereocenters. The van der Waals surface area contributed by atoms with Crippen molar-refractivity contribution in [3.05, 3.63) is 35.2 Å². The summed E-state index contributed by atoms with van der Waals surface area (Å²) >= 11 is 6.17. The van der Waals surface area contributed by atoms with Gasteiger partial charge in [0.2, 0.25) is 0 Å². The van der Waals surface area contributed by atoms with Gasteiger partial charge < -0.3 is 19.7 Å². The van der Waals surface area contributed by atoms with Crippen LogP contribution in [0.3, 0.4) is 0 Å². The number of methoxy groups -OCH3 is 2. The fourth-order valence-electron chi connectivity index (χ4n) is 3.10. The van der Waals surface area contributed by atoms with Crippen molar-refractivity contribution in [2.75, 3.05) is 44.6 Å². The maximum Gasteiger partial charge on any atom is 0.157 e. The van der Waals surface area contributed by atoms with Gasteiger partial charge in [-0.05, 0) is 24.1 Å². The van der Waals surface area contributed by atoms with Gasteiger partial charge in [-0.15, -0.1) is 0 Å². The smallest absolute Gasteiger partial charge is 0.157 e. The molecule has 1 aliphatic heterocycles. The molecule has 1 saturated heterocycles. The molecule has 0 saturated carbocycles. The van der Waals surface area contributed by atoms with E-state index in [0.717, 1.165) is 42.5 Å². The standard InChI is InChI=1S/C17H21ClN4O2/c1-19-15-16(18)20-10-21-17(15)22-5-4-11(9-22)12-6-13(23-2)8-14(7-12)24-3/h6-8,10-11,19H,4-5,9H2,1-3H3. The van der Waals surface area contributed by atoms with Crippen LogP contribution in [-0.4, -0.2) is 44.3 Å². The Balaban J connectivity index is 1.85. The molecule has 0 aliphatic carbocycles. The van der Waals surface area contributed by atoms with Gasteiger partial charge in [0, 0.05) is 32.1 Å². The third-order valence-electron chi connectivity index (χ3n) is 4.36. The molecular formula is C17H21ClN4O2. The number of nitrogens with one attached hydrogen (secondary N) is 1. The van der Waals surface area contributed by atoms with Crippen molar-refractivity contribution in [1.82, 2.24) is 9.97 Å². The molecule has 2 heterocycles. The van der Waals surface area contributed by atoms with E-state index in [4.69, 9.17) is 21.1 Å². The first-order valence-corrected chi connectivity index (χ1v) is 8.20. The minimum Gasteiger partial charge on any atom is -0.497 e. The zero-order valence-corrected chi connectivity index (χ0v) is 14.8. The predicted molar refractivity (Wildman–Crippen MR) is 95.7 cm³/mol. The fraction of sp³-hybridized carbons (Fsp3) is 0.412. The minimum absolute atomic E-state index is 0.382. The van der Waals surface area contributed by atoms with Gasteiger partial charge in [0.25, 0.3) is 0 Å². The Morgan fingerprint density at radius 3 is 2.50 bits per heavy atom. The molecule has 0 radical (unpaired) electrons. The first-order chi connectivity index (χ1) is 11.7. The van der Waals surface area contributed by atoms with Crippen LogP contribution in [0.15, 0.2) is 24.5 Å². The first kappa shape index (κ1) is 16.6. The van der Waals surface area contributed by atoms with Crippen molar-refractivity contribution >= 4 is 23.1 Å². The van der Waals surface area contributed by atoms with E-state index in [9.17, 15) is 0 Å². The molecule has 0 spiro atoms. The summed E-state index contributed by atoms with van der Waals surface area (Å²) in [4.78, 5) is 10.7. The van der Waals surface area contributed by atoms with E-state index in [-0.39, 0.29) is 0 Å². The summed E-state index contributed by atoms with van der Waals surface area (Å²) in [6.45, 7) is 1.77. The monoisotopic (exact) mass is 348 g/mol. The number of hydrogen-bond acceptors (Lipinski definition) is 6. The molecule has 6 nitrogen and oxygen atoms in total. The van der Waals surface area contributed by atoms with Gasteiger partial charge >= 0.3 is 0 Å². The number of benzene rings is 1. The van der Waals surface area contributed by atoms with Crippen LogP contribution < -0.4 is 19.7 Å². The number of aromatic nitrogens is 2. The van der Waals surface area contributed by atoms with E-state index in [1.807, 2.05) is 13.1 Å². The second kappa shape index (κ2) is 7.13. The lowest BCUT2D eigenvalue weighted by molar-refractivity contribution is 0.393. The molecule has 7 heteroatoms. The maximum atomic E-state index is 6.17. The topological polar surface area (TPSA) is 59.5 Å². The Hall–Kier alpha value is -2.21. The van der Waals surface area contributed by atoms with Crippen molar-refractivity contribution in [1.29, 1.82) is 0 Å². The molecule has 1 unspecified atom stereocenters. The highest BCUT2D eigenvalue weighted by molar-refractivity contribution is 6.32. The van der Waals surface area contributed by atoms with Gasteiger partial charge in [-0.25, -0.2) is 9.97 Å². The second-order valence-corrected chi connectivity index (χ2v) is 6.05. The molecule has 24 heavy (non-hydrogen) atoms. The summed E-state index contributed by atoms with van der Waals surface area (Å²) in [5, 5.41) is 3.53. The number of anilines is 2. The van der Waals surface area contributed by atoms with E-state index in [1.165, 1.54) is 11.9 Å². The lowest BCUT2D eigenvalue weighted by Gasteiger charge is -2.21. The molecule has 1 aromatic heterocycles. The van der Waals surface area contributed by atoms with Crippen LogP contribution in [0.1, 0.15) is 17.9 Å². The number of ether oxygens (including phenoxy) is 2. The number of halogens is 1. The van der Waals surface area contributed by atoms with Crippen LogP contribution in [-0.2, 0) is 0 Å². The third-order valence-corrected chi connectivity index (χ3v) is 4.65. The molecule has 1 fully saturated rings. The van der Waals surface area contributed by atoms with Gasteiger partial charge in [0.15, 0.2) is 11.0 Å². The Labute approximate surface area is 146 Å². The molecule has 3 rings (SSSR count). The van der Waals surface area contributed by atoms with Crippen molar-refractivity contribution in [3.63, 3.8) is 0 Å². The van der Waals surface area contributed by atoms with Crippen molar-refractivity contribution in [3.8, 4) is 11.5 Å². The molecule has 128 valence electrons. The van der Waals surface area contributed by atoms with E-state index in [0.29, 0.717) is 11.1 Å². The van der Waals surface area contributed by atoms with Crippen LogP contribution in [0.2, 0.25) is 5.15 Å². The molecule has 0 bridgehead atoms. The average Bonchev–Trinajstić information content (AvgIpc) is 3.11. The molecule has 2 aromatic rings. The summed E-state index contributed by atoms with van der Waals surface area (Å²) in [5.41, 5.74) is 1.97. The van der Waals surface area contributed by atoms with E-state index < -0.39 is 0 Å². The van der Waals surface area contributed by atoms with Crippen molar-refractivity contribution in [2.24, 2.45) is 0 Å². The highest BCUT2D eigenvalue weighted by Gasteiger charge is 2.27. The molecule has 0 amide bonds. The summed E-state index contributed by atoms with van der Waals surface area (Å²) in [6.07, 6.45) is 2.53. The van der Waals surface area contributed by atoms with Crippen LogP contribution in [0.4, 0.5) is 11.5 Å².